The number of halogens is 3. The second kappa shape index (κ2) is 9.40. The van der Waals surface area contributed by atoms with Crippen molar-refractivity contribution in [2.75, 3.05) is 0 Å². The fourth-order valence-electron chi connectivity index (χ4n) is 3.81. The number of amides is 1. The van der Waals surface area contributed by atoms with Crippen molar-refractivity contribution in [3.05, 3.63) is 62.5 Å². The van der Waals surface area contributed by atoms with Gasteiger partial charge in [-0.1, -0.05) is 53.4 Å². The summed E-state index contributed by atoms with van der Waals surface area (Å²) >= 11 is 19.7. The van der Waals surface area contributed by atoms with Crippen LogP contribution in [0.1, 0.15) is 41.9 Å². The van der Waals surface area contributed by atoms with Crippen LogP contribution in [0.3, 0.4) is 0 Å². The predicted molar refractivity (Wildman–Crippen MR) is 128 cm³/mol. The molecule has 0 spiro atoms. The number of hydrogen-bond acceptors (Lipinski definition) is 5. The van der Waals surface area contributed by atoms with Crippen molar-refractivity contribution in [1.82, 2.24) is 4.98 Å². The van der Waals surface area contributed by atoms with E-state index in [1.54, 1.807) is 30.3 Å². The van der Waals surface area contributed by atoms with Gasteiger partial charge in [-0.25, -0.2) is 9.78 Å². The Labute approximate surface area is 204 Å². The van der Waals surface area contributed by atoms with Crippen LogP contribution in [0.2, 0.25) is 15.1 Å². The summed E-state index contributed by atoms with van der Waals surface area (Å²) in [6.07, 6.45) is 3.36. The molecule has 32 heavy (non-hydrogen) atoms. The summed E-state index contributed by atoms with van der Waals surface area (Å²) in [6, 6.07) is 12.3. The topological polar surface area (TPSA) is 82.3 Å². The Kier molecular flexibility index (Phi) is 6.77. The molecule has 0 atom stereocenters. The van der Waals surface area contributed by atoms with Crippen LogP contribution in [-0.4, -0.2) is 22.5 Å². The van der Waals surface area contributed by atoms with E-state index < -0.39 is 17.5 Å². The summed E-state index contributed by atoms with van der Waals surface area (Å²) in [5.41, 5.74) is 6.28. The Bertz CT molecular complexity index is 1170. The highest BCUT2D eigenvalue weighted by molar-refractivity contribution is 7.17. The average molecular weight is 510 g/mol. The highest BCUT2D eigenvalue weighted by atomic mass is 35.5. The first-order chi connectivity index (χ1) is 15.3. The molecular formula is C23H19Cl3N2O3S. The molecule has 0 aliphatic heterocycles. The van der Waals surface area contributed by atoms with Gasteiger partial charge in [0.05, 0.1) is 15.6 Å². The second-order valence-corrected chi connectivity index (χ2v) is 9.92. The van der Waals surface area contributed by atoms with E-state index in [1.165, 1.54) is 0 Å². The molecular weight excluding hydrogens is 491 g/mol. The molecule has 1 aliphatic rings. The molecule has 0 unspecified atom stereocenters. The number of hydrogen-bond donors (Lipinski definition) is 1. The van der Waals surface area contributed by atoms with Crippen molar-refractivity contribution in [2.24, 2.45) is 5.73 Å². The summed E-state index contributed by atoms with van der Waals surface area (Å²) in [5.74, 6) is -1.30. The lowest BCUT2D eigenvalue weighted by molar-refractivity contribution is -0.140. The first kappa shape index (κ1) is 23.1. The maximum absolute atomic E-state index is 13.1. The minimum absolute atomic E-state index is 0.113. The van der Waals surface area contributed by atoms with Crippen LogP contribution in [0.15, 0.2) is 42.5 Å². The molecule has 2 aromatic carbocycles. The Hall–Kier alpha value is -2.12. The Morgan fingerprint density at radius 3 is 2.25 bits per heavy atom. The van der Waals surface area contributed by atoms with E-state index in [1.807, 2.05) is 12.1 Å². The van der Waals surface area contributed by atoms with Gasteiger partial charge in [0.1, 0.15) is 0 Å². The zero-order chi connectivity index (χ0) is 22.9. The molecule has 2 N–H and O–H groups in total. The van der Waals surface area contributed by atoms with Gasteiger partial charge in [-0.15, -0.1) is 11.3 Å². The Morgan fingerprint density at radius 1 is 0.969 bits per heavy atom. The molecule has 1 amide bonds. The molecule has 1 fully saturated rings. The summed E-state index contributed by atoms with van der Waals surface area (Å²) in [6.45, 7) is 0. The van der Waals surface area contributed by atoms with Gasteiger partial charge in [0, 0.05) is 15.6 Å². The van der Waals surface area contributed by atoms with Crippen molar-refractivity contribution >= 4 is 58.0 Å². The van der Waals surface area contributed by atoms with E-state index >= 15 is 0 Å². The normalized spacial score (nSPS) is 15.3. The van der Waals surface area contributed by atoms with Crippen molar-refractivity contribution < 1.29 is 14.3 Å². The number of esters is 1. The maximum atomic E-state index is 13.1. The molecule has 4 rings (SSSR count). The van der Waals surface area contributed by atoms with E-state index in [0.29, 0.717) is 39.2 Å². The second-order valence-electron chi connectivity index (χ2n) is 7.64. The molecule has 166 valence electrons. The van der Waals surface area contributed by atoms with Crippen molar-refractivity contribution in [3.63, 3.8) is 0 Å². The molecule has 1 aromatic heterocycles. The minimum Gasteiger partial charge on any atom is -0.444 e. The number of ether oxygens (including phenoxy) is 1. The average Bonchev–Trinajstić information content (AvgIpc) is 3.20. The van der Waals surface area contributed by atoms with Crippen molar-refractivity contribution in [2.45, 2.75) is 37.7 Å². The third-order valence-corrected chi connectivity index (χ3v) is 7.38. The number of benzene rings is 2. The summed E-state index contributed by atoms with van der Waals surface area (Å²) in [5, 5.41) is 1.59. The summed E-state index contributed by atoms with van der Waals surface area (Å²) < 4.78 is 5.69. The highest BCUT2D eigenvalue weighted by Crippen LogP contribution is 2.41. The number of carbonyl (C=O) groups is 2. The van der Waals surface area contributed by atoms with Crippen LogP contribution >= 0.6 is 46.1 Å². The Balaban J connectivity index is 1.77. The Morgan fingerprint density at radius 2 is 1.62 bits per heavy atom. The molecule has 1 aliphatic carbocycles. The third kappa shape index (κ3) is 4.64. The lowest BCUT2D eigenvalue weighted by atomic mass is 9.84. The largest absolute Gasteiger partial charge is 0.444 e. The first-order valence-corrected chi connectivity index (χ1v) is 12.0. The molecule has 3 aromatic rings. The molecule has 1 heterocycles. The maximum Gasteiger partial charge on any atom is 0.368 e. The predicted octanol–water partition coefficient (Wildman–Crippen LogP) is 6.78. The zero-order valence-electron chi connectivity index (χ0n) is 16.9. The first-order valence-electron chi connectivity index (χ1n) is 10.0. The summed E-state index contributed by atoms with van der Waals surface area (Å²) in [4.78, 5) is 30.5. The van der Waals surface area contributed by atoms with Gasteiger partial charge in [-0.05, 0) is 61.6 Å². The van der Waals surface area contributed by atoms with Crippen LogP contribution < -0.4 is 5.73 Å². The smallest absolute Gasteiger partial charge is 0.368 e. The fraction of sp³-hybridized carbons (Fsp3) is 0.261. The number of rotatable bonds is 5. The number of aromatic nitrogens is 1. The van der Waals surface area contributed by atoms with Crippen LogP contribution in [0, 0.1) is 0 Å². The lowest BCUT2D eigenvalue weighted by Crippen LogP contribution is -2.49. The van der Waals surface area contributed by atoms with Crippen LogP contribution in [0.5, 0.6) is 0 Å². The lowest BCUT2D eigenvalue weighted by Gasteiger charge is -2.33. The van der Waals surface area contributed by atoms with E-state index in [-0.39, 0.29) is 5.01 Å². The highest BCUT2D eigenvalue weighted by Gasteiger charge is 2.42. The van der Waals surface area contributed by atoms with Gasteiger partial charge < -0.3 is 10.5 Å². The number of thiazole rings is 1. The molecule has 5 nitrogen and oxygen atoms in total. The summed E-state index contributed by atoms with van der Waals surface area (Å²) in [7, 11) is 0. The van der Waals surface area contributed by atoms with Crippen LogP contribution in [-0.2, 0) is 9.53 Å². The van der Waals surface area contributed by atoms with Gasteiger partial charge in [0.2, 0.25) is 5.01 Å². The van der Waals surface area contributed by atoms with E-state index in [9.17, 15) is 9.59 Å². The monoisotopic (exact) mass is 508 g/mol. The molecule has 0 bridgehead atoms. The number of carbonyl (C=O) groups excluding carboxylic acids is 2. The quantitative estimate of drug-likeness (QED) is 0.384. The SMILES string of the molecule is NC(=O)C1(OC(=O)c2nc(-c3ccc(Cl)cc3Cl)c(-c3ccc(Cl)cc3)s2)CCCCC1. The fourth-order valence-corrected chi connectivity index (χ4v) is 5.40. The van der Waals surface area contributed by atoms with Gasteiger partial charge in [-0.3, -0.25) is 4.79 Å². The van der Waals surface area contributed by atoms with Crippen LogP contribution in [0.25, 0.3) is 21.7 Å². The van der Waals surface area contributed by atoms with E-state index in [0.717, 1.165) is 41.0 Å². The van der Waals surface area contributed by atoms with Crippen molar-refractivity contribution in [1.29, 1.82) is 0 Å². The van der Waals surface area contributed by atoms with Gasteiger partial charge in [0.15, 0.2) is 5.60 Å². The van der Waals surface area contributed by atoms with Crippen molar-refractivity contribution in [3.8, 4) is 21.7 Å². The molecule has 0 saturated heterocycles. The molecule has 9 heteroatoms. The van der Waals surface area contributed by atoms with Crippen LogP contribution in [0.4, 0.5) is 0 Å². The number of nitrogens with zero attached hydrogens (tertiary/aromatic N) is 1. The van der Waals surface area contributed by atoms with E-state index in [2.05, 4.69) is 4.98 Å². The third-order valence-electron chi connectivity index (χ3n) is 5.49. The van der Waals surface area contributed by atoms with Gasteiger partial charge >= 0.3 is 5.97 Å². The van der Waals surface area contributed by atoms with Gasteiger partial charge in [-0.2, -0.15) is 0 Å². The standard InChI is InChI=1S/C23H19Cl3N2O3S/c24-14-6-4-13(5-7-14)19-18(16-9-8-15(25)12-17(16)26)28-20(32-19)21(29)31-23(22(27)30)10-2-1-3-11-23/h4-9,12H,1-3,10-11H2,(H2,27,30). The van der Waals surface area contributed by atoms with E-state index in [4.69, 9.17) is 45.3 Å². The van der Waals surface area contributed by atoms with Gasteiger partial charge in [0.25, 0.3) is 5.91 Å². The number of primary amides is 1. The molecule has 1 saturated carbocycles. The number of nitrogens with two attached hydrogens (primary N) is 1. The zero-order valence-corrected chi connectivity index (χ0v) is 20.0. The molecule has 0 radical (unpaired) electrons. The minimum atomic E-state index is -1.29.